The van der Waals surface area contributed by atoms with Crippen LogP contribution in [0.15, 0.2) is 182 Å². The second kappa shape index (κ2) is 13.0. The van der Waals surface area contributed by atoms with Gasteiger partial charge in [-0.2, -0.15) is 0 Å². The van der Waals surface area contributed by atoms with Crippen molar-refractivity contribution >= 4 is 35.6 Å². The predicted molar refractivity (Wildman–Crippen MR) is 188 cm³/mol. The van der Waals surface area contributed by atoms with E-state index in [-0.39, 0.29) is 0 Å². The van der Waals surface area contributed by atoms with Gasteiger partial charge in [0.05, 0.1) is 22.8 Å². The summed E-state index contributed by atoms with van der Waals surface area (Å²) < 4.78 is 20.5. The number of pyridine rings is 3. The van der Waals surface area contributed by atoms with Crippen LogP contribution in [0.25, 0.3) is 22.5 Å². The Kier molecular flexibility index (Phi) is 8.19. The first-order valence-electron chi connectivity index (χ1n) is 15.0. The summed E-state index contributed by atoms with van der Waals surface area (Å²) in [6.07, 6.45) is 5.26. The maximum Gasteiger partial charge on any atom is 0.319 e. The standard InChI is InChI=1S/C39H30N5OP/c45-46(39-25-9-12-28-42-39,43(33-17-3-1-4-18-33)35-21-13-15-31(29-35)37-23-7-10-26-40-37)44(34-19-5-2-6-20-34)36-22-14-16-32(30-36)38-24-8-11-27-41-38/h1-30H. The van der Waals surface area contributed by atoms with Crippen LogP contribution in [0.4, 0.5) is 22.7 Å². The first-order chi connectivity index (χ1) is 22.7. The van der Waals surface area contributed by atoms with Crippen molar-refractivity contribution in [2.45, 2.75) is 0 Å². The van der Waals surface area contributed by atoms with Gasteiger partial charge in [-0.1, -0.05) is 78.9 Å². The molecule has 0 atom stereocenters. The lowest BCUT2D eigenvalue weighted by atomic mass is 10.1. The van der Waals surface area contributed by atoms with Gasteiger partial charge >= 0.3 is 7.44 Å². The monoisotopic (exact) mass is 615 g/mol. The Morgan fingerprint density at radius 1 is 0.391 bits per heavy atom. The molecule has 0 aliphatic heterocycles. The second-order valence-electron chi connectivity index (χ2n) is 10.6. The molecule has 0 N–H and O–H groups in total. The van der Waals surface area contributed by atoms with E-state index in [0.717, 1.165) is 45.3 Å². The highest BCUT2D eigenvalue weighted by atomic mass is 31.2. The Hall–Kier alpha value is -5.84. The molecule has 0 radical (unpaired) electrons. The third kappa shape index (κ3) is 5.70. The van der Waals surface area contributed by atoms with Crippen molar-refractivity contribution < 1.29 is 4.57 Å². The highest BCUT2D eigenvalue weighted by Crippen LogP contribution is 2.62. The Balaban J connectivity index is 1.52. The maximum absolute atomic E-state index is 16.7. The van der Waals surface area contributed by atoms with Crippen LogP contribution in [0, 0.1) is 0 Å². The molecular formula is C39H30N5OP. The number of benzene rings is 4. The van der Waals surface area contributed by atoms with Gasteiger partial charge in [-0.05, 0) is 84.9 Å². The van der Waals surface area contributed by atoms with Crippen LogP contribution in [0.3, 0.4) is 0 Å². The van der Waals surface area contributed by atoms with Crippen molar-refractivity contribution in [2.75, 3.05) is 9.34 Å². The first-order valence-corrected chi connectivity index (χ1v) is 16.6. The molecule has 0 aliphatic rings. The Morgan fingerprint density at radius 3 is 1.22 bits per heavy atom. The molecule has 4 aromatic carbocycles. The number of anilines is 4. The third-order valence-corrected chi connectivity index (χ3v) is 10.5. The topological polar surface area (TPSA) is 62.2 Å². The molecule has 0 spiro atoms. The molecule has 0 unspecified atom stereocenters. The van der Waals surface area contributed by atoms with Gasteiger partial charge < -0.3 is 0 Å². The van der Waals surface area contributed by atoms with Crippen LogP contribution < -0.4 is 14.8 Å². The average Bonchev–Trinajstić information content (AvgIpc) is 3.14. The van der Waals surface area contributed by atoms with Gasteiger partial charge in [-0.25, -0.2) is 4.98 Å². The lowest BCUT2D eigenvalue weighted by Crippen LogP contribution is -2.34. The number of para-hydroxylation sites is 2. The van der Waals surface area contributed by atoms with Crippen molar-refractivity contribution in [1.82, 2.24) is 15.0 Å². The quantitative estimate of drug-likeness (QED) is 0.151. The van der Waals surface area contributed by atoms with E-state index in [1.54, 1.807) is 18.6 Å². The van der Waals surface area contributed by atoms with Gasteiger partial charge in [0.1, 0.15) is 5.44 Å². The van der Waals surface area contributed by atoms with E-state index in [9.17, 15) is 0 Å². The normalized spacial score (nSPS) is 11.1. The zero-order valence-corrected chi connectivity index (χ0v) is 25.8. The summed E-state index contributed by atoms with van der Waals surface area (Å²) in [7, 11) is -3.89. The number of hydrogen-bond acceptors (Lipinski definition) is 4. The van der Waals surface area contributed by atoms with Gasteiger partial charge in [0.2, 0.25) is 0 Å². The van der Waals surface area contributed by atoms with E-state index in [4.69, 9.17) is 4.98 Å². The highest BCUT2D eigenvalue weighted by molar-refractivity contribution is 7.75. The minimum atomic E-state index is -3.89. The molecule has 3 aromatic heterocycles. The molecule has 0 bridgehead atoms. The minimum absolute atomic E-state index is 0.439. The van der Waals surface area contributed by atoms with Gasteiger partial charge in [0, 0.05) is 41.1 Å². The first kappa shape index (κ1) is 28.9. The number of aromatic nitrogens is 3. The molecule has 7 rings (SSSR count). The summed E-state index contributed by atoms with van der Waals surface area (Å²) in [5.74, 6) is 0. The molecule has 0 aliphatic carbocycles. The Bertz CT molecular complexity index is 1950. The molecule has 3 heterocycles. The molecule has 0 saturated heterocycles. The minimum Gasteiger partial charge on any atom is -0.271 e. The van der Waals surface area contributed by atoms with Crippen LogP contribution in [0.1, 0.15) is 0 Å². The molecule has 46 heavy (non-hydrogen) atoms. The summed E-state index contributed by atoms with van der Waals surface area (Å²) in [5.41, 5.74) is 6.92. The number of nitrogens with zero attached hydrogens (tertiary/aromatic N) is 5. The van der Waals surface area contributed by atoms with E-state index >= 15 is 4.57 Å². The molecule has 7 aromatic rings. The molecule has 6 nitrogen and oxygen atoms in total. The maximum atomic E-state index is 16.7. The molecular weight excluding hydrogens is 585 g/mol. The van der Waals surface area contributed by atoms with E-state index in [2.05, 4.69) is 9.97 Å². The average molecular weight is 616 g/mol. The zero-order chi connectivity index (χ0) is 31.2. The van der Waals surface area contributed by atoms with Crippen LogP contribution in [-0.4, -0.2) is 15.0 Å². The van der Waals surface area contributed by atoms with Crippen LogP contribution >= 0.6 is 7.44 Å². The van der Waals surface area contributed by atoms with E-state index in [0.29, 0.717) is 5.44 Å². The van der Waals surface area contributed by atoms with Gasteiger partial charge in [0.15, 0.2) is 0 Å². The molecule has 7 heteroatoms. The predicted octanol–water partition coefficient (Wildman–Crippen LogP) is 9.70. The fourth-order valence-corrected chi connectivity index (χ4v) is 8.40. The van der Waals surface area contributed by atoms with Crippen molar-refractivity contribution in [2.24, 2.45) is 0 Å². The van der Waals surface area contributed by atoms with Crippen LogP contribution in [-0.2, 0) is 4.57 Å². The van der Waals surface area contributed by atoms with Crippen molar-refractivity contribution in [3.8, 4) is 22.5 Å². The lowest BCUT2D eigenvalue weighted by molar-refractivity contribution is 0.580. The molecule has 0 fully saturated rings. The van der Waals surface area contributed by atoms with Gasteiger partial charge in [-0.3, -0.25) is 23.9 Å². The molecule has 0 amide bonds. The SMILES string of the molecule is O=P(c1ccccn1)(N(c1ccccc1)c1cccc(-c2ccccn2)c1)N(c1ccccc1)c1cccc(-c2ccccn2)c1. The summed E-state index contributed by atoms with van der Waals surface area (Å²) in [6, 6.07) is 53.0. The zero-order valence-electron chi connectivity index (χ0n) is 24.9. The summed E-state index contributed by atoms with van der Waals surface area (Å²) in [4.78, 5) is 14.0. The fraction of sp³-hybridized carbons (Fsp3) is 0. The van der Waals surface area contributed by atoms with Gasteiger partial charge in [-0.15, -0.1) is 0 Å². The second-order valence-corrected chi connectivity index (χ2v) is 12.9. The van der Waals surface area contributed by atoms with Gasteiger partial charge in [0.25, 0.3) is 0 Å². The van der Waals surface area contributed by atoms with Crippen molar-refractivity contribution in [3.05, 3.63) is 182 Å². The number of rotatable bonds is 9. The molecule has 0 saturated carbocycles. The Labute approximate surface area is 268 Å². The summed E-state index contributed by atoms with van der Waals surface area (Å²) >= 11 is 0. The van der Waals surface area contributed by atoms with Crippen molar-refractivity contribution in [3.63, 3.8) is 0 Å². The van der Waals surface area contributed by atoms with Crippen LogP contribution in [0.5, 0.6) is 0 Å². The largest absolute Gasteiger partial charge is 0.319 e. The van der Waals surface area contributed by atoms with E-state index in [1.807, 2.05) is 173 Å². The fourth-order valence-electron chi connectivity index (χ4n) is 5.54. The molecule has 222 valence electrons. The summed E-state index contributed by atoms with van der Waals surface area (Å²) in [5, 5.41) is 0. The summed E-state index contributed by atoms with van der Waals surface area (Å²) in [6.45, 7) is 0. The van der Waals surface area contributed by atoms with Crippen LogP contribution in [0.2, 0.25) is 0 Å². The van der Waals surface area contributed by atoms with Crippen molar-refractivity contribution in [1.29, 1.82) is 0 Å². The smallest absolute Gasteiger partial charge is 0.271 e. The lowest BCUT2D eigenvalue weighted by Gasteiger charge is -2.41. The van der Waals surface area contributed by atoms with E-state index in [1.165, 1.54) is 0 Å². The highest BCUT2D eigenvalue weighted by Gasteiger charge is 2.43. The Morgan fingerprint density at radius 2 is 0.804 bits per heavy atom. The van der Waals surface area contributed by atoms with E-state index < -0.39 is 7.44 Å². The third-order valence-electron chi connectivity index (χ3n) is 7.59. The number of hydrogen-bond donors (Lipinski definition) is 0.